The summed E-state index contributed by atoms with van der Waals surface area (Å²) in [6.45, 7) is 3.52. The van der Waals surface area contributed by atoms with Crippen LogP contribution < -0.4 is 10.1 Å². The maximum absolute atomic E-state index is 12.6. The Kier molecular flexibility index (Phi) is 7.59. The number of thiocarbonyl (C=S) groups is 1. The molecule has 0 radical (unpaired) electrons. The van der Waals surface area contributed by atoms with Crippen molar-refractivity contribution in [1.29, 1.82) is 0 Å². The molecule has 7 nitrogen and oxygen atoms in total. The number of nitrogens with zero attached hydrogens (tertiary/aromatic N) is 1. The van der Waals surface area contributed by atoms with Gasteiger partial charge in [-0.2, -0.15) is 0 Å². The van der Waals surface area contributed by atoms with E-state index in [1.165, 1.54) is 16.7 Å². The largest absolute Gasteiger partial charge is 0.497 e. The van der Waals surface area contributed by atoms with Gasteiger partial charge in [-0.1, -0.05) is 50.0 Å². The number of ether oxygens (including phenoxy) is 1. The normalized spacial score (nSPS) is 16.6. The van der Waals surface area contributed by atoms with Gasteiger partial charge in [-0.05, 0) is 29.7 Å². The van der Waals surface area contributed by atoms with Crippen LogP contribution in [0.4, 0.5) is 0 Å². The minimum Gasteiger partial charge on any atom is -0.497 e. The monoisotopic (exact) mass is 422 g/mol. The number of carboxylic acid groups (broad SMARTS) is 1. The molecule has 0 saturated carbocycles. The summed E-state index contributed by atoms with van der Waals surface area (Å²) < 4.78 is 5.48. The van der Waals surface area contributed by atoms with E-state index in [0.29, 0.717) is 9.23 Å². The third-order valence-corrected chi connectivity index (χ3v) is 5.48. The zero-order chi connectivity index (χ0) is 20.8. The lowest BCUT2D eigenvalue weighted by Gasteiger charge is -2.19. The smallest absolute Gasteiger partial charge is 0.326 e. The molecular weight excluding hydrogens is 400 g/mol. The van der Waals surface area contributed by atoms with Crippen LogP contribution in [0, 0.1) is 5.92 Å². The molecule has 2 amide bonds. The molecule has 0 spiro atoms. The highest BCUT2D eigenvalue weighted by atomic mass is 32.2. The minimum atomic E-state index is -1.09. The average molecular weight is 423 g/mol. The van der Waals surface area contributed by atoms with E-state index >= 15 is 0 Å². The summed E-state index contributed by atoms with van der Waals surface area (Å²) in [5, 5.41) is 11.6. The van der Waals surface area contributed by atoms with Gasteiger partial charge in [0.25, 0.3) is 5.91 Å². The highest BCUT2D eigenvalue weighted by Crippen LogP contribution is 2.32. The molecule has 2 rings (SSSR count). The van der Waals surface area contributed by atoms with E-state index in [4.69, 9.17) is 22.1 Å². The number of carboxylic acids is 1. The van der Waals surface area contributed by atoms with Gasteiger partial charge in [0, 0.05) is 13.0 Å². The van der Waals surface area contributed by atoms with Crippen molar-refractivity contribution < 1.29 is 24.2 Å². The van der Waals surface area contributed by atoms with Gasteiger partial charge in [0.2, 0.25) is 5.91 Å². The molecule has 0 bridgehead atoms. The summed E-state index contributed by atoms with van der Waals surface area (Å²) in [4.78, 5) is 37.7. The zero-order valence-corrected chi connectivity index (χ0v) is 17.4. The van der Waals surface area contributed by atoms with Gasteiger partial charge < -0.3 is 15.2 Å². The van der Waals surface area contributed by atoms with Crippen LogP contribution in [0.15, 0.2) is 29.2 Å². The van der Waals surface area contributed by atoms with Crippen molar-refractivity contribution in [2.75, 3.05) is 13.7 Å². The van der Waals surface area contributed by atoms with Gasteiger partial charge in [0.05, 0.1) is 12.0 Å². The van der Waals surface area contributed by atoms with Crippen LogP contribution in [-0.2, 0) is 14.4 Å². The highest BCUT2D eigenvalue weighted by molar-refractivity contribution is 8.26. The van der Waals surface area contributed by atoms with E-state index < -0.39 is 17.9 Å². The minimum absolute atomic E-state index is 0.0290. The summed E-state index contributed by atoms with van der Waals surface area (Å²) in [6, 6.07) is 6.29. The molecule has 2 N–H and O–H groups in total. The number of nitrogens with one attached hydrogen (secondary N) is 1. The number of rotatable bonds is 8. The average Bonchev–Trinajstić information content (AvgIpc) is 2.91. The maximum Gasteiger partial charge on any atom is 0.326 e. The van der Waals surface area contributed by atoms with Crippen molar-refractivity contribution in [2.45, 2.75) is 26.3 Å². The molecule has 0 aliphatic carbocycles. The Bertz CT molecular complexity index is 805. The fraction of sp³-hybridized carbons (Fsp3) is 0.368. The molecule has 1 aliphatic heterocycles. The molecule has 150 valence electrons. The van der Waals surface area contributed by atoms with Crippen LogP contribution in [0.25, 0.3) is 6.08 Å². The Balaban J connectivity index is 1.98. The summed E-state index contributed by atoms with van der Waals surface area (Å²) in [6.07, 6.45) is 1.71. The molecule has 9 heteroatoms. The summed E-state index contributed by atoms with van der Waals surface area (Å²) >= 11 is 6.43. The fourth-order valence-electron chi connectivity index (χ4n) is 2.52. The Morgan fingerprint density at radius 3 is 2.50 bits per heavy atom. The molecule has 1 aromatic rings. The molecule has 1 atom stereocenters. The van der Waals surface area contributed by atoms with E-state index in [0.717, 1.165) is 11.3 Å². The number of aliphatic carboxylic acids is 1. The second-order valence-electron chi connectivity index (χ2n) is 6.48. The molecule has 0 unspecified atom stereocenters. The molecule has 0 aromatic heterocycles. The van der Waals surface area contributed by atoms with Crippen molar-refractivity contribution >= 4 is 52.2 Å². The van der Waals surface area contributed by atoms with Crippen LogP contribution in [0.3, 0.4) is 0 Å². The summed E-state index contributed by atoms with van der Waals surface area (Å²) in [7, 11) is 1.58. The van der Waals surface area contributed by atoms with Gasteiger partial charge >= 0.3 is 5.97 Å². The molecule has 1 fully saturated rings. The number of hydrogen-bond donors (Lipinski definition) is 2. The number of hydrogen-bond acceptors (Lipinski definition) is 6. The number of methoxy groups -OCH3 is 1. The van der Waals surface area contributed by atoms with Gasteiger partial charge in [-0.3, -0.25) is 14.5 Å². The van der Waals surface area contributed by atoms with Crippen LogP contribution >= 0.6 is 24.0 Å². The zero-order valence-electron chi connectivity index (χ0n) is 15.8. The van der Waals surface area contributed by atoms with Crippen LogP contribution in [-0.4, -0.2) is 51.8 Å². The second kappa shape index (κ2) is 9.70. The highest BCUT2D eigenvalue weighted by Gasteiger charge is 2.32. The molecular formula is C19H22N2O5S2. The lowest BCUT2D eigenvalue weighted by atomic mass is 10.0. The van der Waals surface area contributed by atoms with Crippen LogP contribution in [0.2, 0.25) is 0 Å². The summed E-state index contributed by atoms with van der Waals surface area (Å²) in [5.41, 5.74) is 0.834. The predicted octanol–water partition coefficient (Wildman–Crippen LogP) is 2.51. The van der Waals surface area contributed by atoms with Gasteiger partial charge in [-0.15, -0.1) is 0 Å². The lowest BCUT2D eigenvalue weighted by Crippen LogP contribution is -2.45. The number of amides is 2. The van der Waals surface area contributed by atoms with Crippen LogP contribution in [0.1, 0.15) is 25.8 Å². The SMILES string of the molecule is COc1ccc(/C=C2/SC(=S)N(CCC(=O)N[C@H](C(=O)O)C(C)C)C2=O)cc1. The number of carbonyl (C=O) groups excluding carboxylic acids is 2. The van der Waals surface area contributed by atoms with E-state index in [1.807, 2.05) is 12.1 Å². The number of benzene rings is 1. The maximum atomic E-state index is 12.6. The van der Waals surface area contributed by atoms with E-state index in [1.54, 1.807) is 39.2 Å². The first-order chi connectivity index (χ1) is 13.2. The predicted molar refractivity (Wildman–Crippen MR) is 112 cm³/mol. The van der Waals surface area contributed by atoms with Crippen molar-refractivity contribution in [3.8, 4) is 5.75 Å². The molecule has 1 aliphatic rings. The standard InChI is InChI=1S/C19H22N2O5S2/c1-11(2)16(18(24)25)20-15(22)8-9-21-17(23)14(28-19(21)27)10-12-4-6-13(26-3)7-5-12/h4-7,10-11,16H,8-9H2,1-3H3,(H,20,22)(H,24,25)/b14-10+/t16-/m0/s1. The molecule has 1 saturated heterocycles. The van der Waals surface area contributed by atoms with Gasteiger partial charge in [0.15, 0.2) is 0 Å². The first kappa shape index (κ1) is 21.9. The quantitative estimate of drug-likeness (QED) is 0.491. The number of thioether (sulfide) groups is 1. The van der Waals surface area contributed by atoms with Crippen LogP contribution in [0.5, 0.6) is 5.75 Å². The first-order valence-electron chi connectivity index (χ1n) is 8.64. The third-order valence-electron chi connectivity index (χ3n) is 4.10. The Labute approximate surface area is 173 Å². The van der Waals surface area contributed by atoms with Crippen molar-refractivity contribution in [3.63, 3.8) is 0 Å². The first-order valence-corrected chi connectivity index (χ1v) is 9.87. The van der Waals surface area contributed by atoms with Gasteiger partial charge in [-0.25, -0.2) is 4.79 Å². The van der Waals surface area contributed by atoms with Crippen molar-refractivity contribution in [2.24, 2.45) is 5.92 Å². The van der Waals surface area contributed by atoms with Crippen molar-refractivity contribution in [1.82, 2.24) is 10.2 Å². The van der Waals surface area contributed by atoms with E-state index in [-0.39, 0.29) is 24.8 Å². The van der Waals surface area contributed by atoms with Gasteiger partial charge in [0.1, 0.15) is 16.1 Å². The fourth-order valence-corrected chi connectivity index (χ4v) is 3.83. The Morgan fingerprint density at radius 1 is 1.32 bits per heavy atom. The summed E-state index contributed by atoms with van der Waals surface area (Å²) in [5.74, 6) is -1.31. The second-order valence-corrected chi connectivity index (χ2v) is 8.16. The Hall–Kier alpha value is -2.39. The lowest BCUT2D eigenvalue weighted by molar-refractivity contribution is -0.143. The Morgan fingerprint density at radius 2 is 1.96 bits per heavy atom. The molecule has 1 aromatic carbocycles. The van der Waals surface area contributed by atoms with E-state index in [2.05, 4.69) is 5.32 Å². The van der Waals surface area contributed by atoms with Crippen molar-refractivity contribution in [3.05, 3.63) is 34.7 Å². The molecule has 1 heterocycles. The number of carbonyl (C=O) groups is 3. The third kappa shape index (κ3) is 5.56. The topological polar surface area (TPSA) is 95.9 Å². The van der Waals surface area contributed by atoms with E-state index in [9.17, 15) is 14.4 Å². The molecule has 28 heavy (non-hydrogen) atoms.